The maximum absolute atomic E-state index is 13.2. The minimum absolute atomic E-state index is 0.0287. The SMILES string of the molecule is CN1CCN(c2nc3cc(N4CCCCC4)c(NC(=O)C4=CSC(c5cn[nH]c5)N4)cc3o2)CC1. The van der Waals surface area contributed by atoms with Crippen LogP contribution in [0.2, 0.25) is 0 Å². The lowest BCUT2D eigenvalue weighted by Crippen LogP contribution is -2.44. The molecule has 0 radical (unpaired) electrons. The van der Waals surface area contributed by atoms with E-state index in [1.165, 1.54) is 6.42 Å². The molecule has 3 N–H and O–H groups in total. The third-order valence-corrected chi connectivity index (χ3v) is 7.92. The Bertz CT molecular complexity index is 1230. The largest absolute Gasteiger partial charge is 0.423 e. The molecule has 2 fully saturated rings. The summed E-state index contributed by atoms with van der Waals surface area (Å²) >= 11 is 1.56. The van der Waals surface area contributed by atoms with Gasteiger partial charge in [-0.25, -0.2) is 0 Å². The molecule has 10 nitrogen and oxygen atoms in total. The highest BCUT2D eigenvalue weighted by atomic mass is 32.2. The van der Waals surface area contributed by atoms with Crippen LogP contribution in [0.4, 0.5) is 17.4 Å². The maximum Gasteiger partial charge on any atom is 0.298 e. The van der Waals surface area contributed by atoms with Crippen molar-refractivity contribution in [3.05, 3.63) is 41.2 Å². The first-order valence-electron chi connectivity index (χ1n) is 12.2. The summed E-state index contributed by atoms with van der Waals surface area (Å²) < 4.78 is 6.18. The highest BCUT2D eigenvalue weighted by Crippen LogP contribution is 2.37. The number of oxazole rings is 1. The van der Waals surface area contributed by atoms with Crippen LogP contribution in [0, 0.1) is 0 Å². The molecular weight excluding hydrogens is 464 g/mol. The molecule has 5 heterocycles. The van der Waals surface area contributed by atoms with Gasteiger partial charge < -0.3 is 29.8 Å². The molecule has 184 valence electrons. The molecule has 2 saturated heterocycles. The van der Waals surface area contributed by atoms with E-state index in [0.717, 1.165) is 74.6 Å². The third kappa shape index (κ3) is 4.57. The van der Waals surface area contributed by atoms with Gasteiger partial charge in [0.15, 0.2) is 5.58 Å². The molecular formula is C24H30N8O2S. The van der Waals surface area contributed by atoms with Crippen molar-refractivity contribution in [1.29, 1.82) is 0 Å². The van der Waals surface area contributed by atoms with E-state index < -0.39 is 0 Å². The molecule has 3 aromatic rings. The number of fused-ring (bicyclic) bond motifs is 1. The highest BCUT2D eigenvalue weighted by molar-refractivity contribution is 8.02. The quantitative estimate of drug-likeness (QED) is 0.493. The Hall–Kier alpha value is -3.18. The van der Waals surface area contributed by atoms with Gasteiger partial charge in [0.25, 0.3) is 11.9 Å². The predicted octanol–water partition coefficient (Wildman–Crippen LogP) is 3.11. The number of rotatable bonds is 5. The summed E-state index contributed by atoms with van der Waals surface area (Å²) in [4.78, 5) is 24.9. The molecule has 11 heteroatoms. The van der Waals surface area contributed by atoms with Crippen molar-refractivity contribution in [2.24, 2.45) is 0 Å². The molecule has 3 aliphatic heterocycles. The van der Waals surface area contributed by atoms with Crippen LogP contribution in [0.25, 0.3) is 11.1 Å². The second-order valence-corrected chi connectivity index (χ2v) is 10.3. The minimum atomic E-state index is -0.167. The Morgan fingerprint density at radius 3 is 2.71 bits per heavy atom. The number of likely N-dealkylation sites (N-methyl/N-ethyl adjacent to an activating group) is 1. The predicted molar refractivity (Wildman–Crippen MR) is 139 cm³/mol. The number of carbonyl (C=O) groups is 1. The van der Waals surface area contributed by atoms with Gasteiger partial charge in [0.1, 0.15) is 16.6 Å². The van der Waals surface area contributed by atoms with Gasteiger partial charge >= 0.3 is 0 Å². The Morgan fingerprint density at radius 1 is 1.11 bits per heavy atom. The van der Waals surface area contributed by atoms with Gasteiger partial charge in [-0.2, -0.15) is 10.1 Å². The molecule has 35 heavy (non-hydrogen) atoms. The smallest absolute Gasteiger partial charge is 0.298 e. The van der Waals surface area contributed by atoms with Gasteiger partial charge in [0, 0.05) is 62.5 Å². The van der Waals surface area contributed by atoms with E-state index in [9.17, 15) is 4.79 Å². The van der Waals surface area contributed by atoms with E-state index >= 15 is 0 Å². The number of piperazine rings is 1. The zero-order valence-electron chi connectivity index (χ0n) is 19.8. The van der Waals surface area contributed by atoms with E-state index in [1.54, 1.807) is 18.0 Å². The fourth-order valence-electron chi connectivity index (χ4n) is 4.80. The molecule has 3 aliphatic rings. The van der Waals surface area contributed by atoms with Crippen LogP contribution < -0.4 is 20.4 Å². The van der Waals surface area contributed by atoms with Gasteiger partial charge in [0.2, 0.25) is 0 Å². The summed E-state index contributed by atoms with van der Waals surface area (Å²) in [5.41, 5.74) is 4.82. The van der Waals surface area contributed by atoms with E-state index in [0.29, 0.717) is 17.3 Å². The molecule has 0 bridgehead atoms. The van der Waals surface area contributed by atoms with Gasteiger partial charge in [-0.15, -0.1) is 11.8 Å². The maximum atomic E-state index is 13.2. The van der Waals surface area contributed by atoms with Crippen LogP contribution in [-0.4, -0.2) is 72.3 Å². The summed E-state index contributed by atoms with van der Waals surface area (Å²) in [5.74, 6) is -0.167. The number of aromatic amines is 1. The van der Waals surface area contributed by atoms with Crippen molar-refractivity contribution in [1.82, 2.24) is 25.4 Å². The van der Waals surface area contributed by atoms with Crippen LogP contribution in [0.15, 0.2) is 40.0 Å². The van der Waals surface area contributed by atoms with Gasteiger partial charge in [0.05, 0.1) is 17.6 Å². The number of nitrogens with zero attached hydrogens (tertiary/aromatic N) is 5. The number of carbonyl (C=O) groups excluding carboxylic acids is 1. The number of thioether (sulfide) groups is 1. The summed E-state index contributed by atoms with van der Waals surface area (Å²) in [6, 6.07) is 4.65. The lowest BCUT2D eigenvalue weighted by Gasteiger charge is -2.31. The van der Waals surface area contributed by atoms with Crippen molar-refractivity contribution in [3.8, 4) is 0 Å². The summed E-state index contributed by atoms with van der Waals surface area (Å²) in [6.07, 6.45) is 7.13. The molecule has 1 atom stereocenters. The highest BCUT2D eigenvalue weighted by Gasteiger charge is 2.26. The average Bonchev–Trinajstić information content (AvgIpc) is 3.65. The van der Waals surface area contributed by atoms with E-state index in [2.05, 4.69) is 48.6 Å². The van der Waals surface area contributed by atoms with Gasteiger partial charge in [-0.3, -0.25) is 9.89 Å². The lowest BCUT2D eigenvalue weighted by molar-refractivity contribution is -0.113. The minimum Gasteiger partial charge on any atom is -0.423 e. The normalized spacial score (nSPS) is 21.3. The fraction of sp³-hybridized carbons (Fsp3) is 0.458. The molecule has 6 rings (SSSR count). The Labute approximate surface area is 208 Å². The third-order valence-electron chi connectivity index (χ3n) is 6.89. The van der Waals surface area contributed by atoms with Crippen LogP contribution in [0.3, 0.4) is 0 Å². The number of hydrogen-bond donors (Lipinski definition) is 3. The van der Waals surface area contributed by atoms with Crippen LogP contribution in [-0.2, 0) is 4.79 Å². The fourth-order valence-corrected chi connectivity index (χ4v) is 5.73. The van der Waals surface area contributed by atoms with Crippen LogP contribution in [0.5, 0.6) is 0 Å². The summed E-state index contributed by atoms with van der Waals surface area (Å²) in [5, 5.41) is 15.1. The zero-order valence-corrected chi connectivity index (χ0v) is 20.6. The lowest BCUT2D eigenvalue weighted by atomic mass is 10.1. The zero-order chi connectivity index (χ0) is 23.8. The first-order chi connectivity index (χ1) is 17.1. The number of H-pyrrole nitrogens is 1. The van der Waals surface area contributed by atoms with Crippen LogP contribution in [0.1, 0.15) is 30.2 Å². The number of amides is 1. The number of hydrogen-bond acceptors (Lipinski definition) is 9. The second kappa shape index (κ2) is 9.46. The Morgan fingerprint density at radius 2 is 1.94 bits per heavy atom. The number of benzene rings is 1. The monoisotopic (exact) mass is 494 g/mol. The Kier molecular flexibility index (Phi) is 6.03. The van der Waals surface area contributed by atoms with Crippen molar-refractivity contribution >= 4 is 46.2 Å². The molecule has 1 unspecified atom stereocenters. The Balaban J connectivity index is 1.27. The summed E-state index contributed by atoms with van der Waals surface area (Å²) in [7, 11) is 2.13. The van der Waals surface area contributed by atoms with E-state index in [-0.39, 0.29) is 11.3 Å². The molecule has 0 aliphatic carbocycles. The number of piperidine rings is 1. The van der Waals surface area contributed by atoms with E-state index in [4.69, 9.17) is 9.40 Å². The first kappa shape index (κ1) is 22.3. The number of aromatic nitrogens is 3. The number of anilines is 3. The molecule has 1 amide bonds. The number of nitrogens with one attached hydrogen (secondary N) is 3. The average molecular weight is 495 g/mol. The molecule has 1 aromatic carbocycles. The molecule has 2 aromatic heterocycles. The van der Waals surface area contributed by atoms with Crippen LogP contribution >= 0.6 is 11.8 Å². The van der Waals surface area contributed by atoms with E-state index in [1.807, 2.05) is 17.7 Å². The molecule has 0 spiro atoms. The van der Waals surface area contributed by atoms with Gasteiger partial charge in [-0.05, 0) is 32.4 Å². The first-order valence-corrected chi connectivity index (χ1v) is 13.1. The van der Waals surface area contributed by atoms with Crippen molar-refractivity contribution < 1.29 is 9.21 Å². The van der Waals surface area contributed by atoms with Crippen molar-refractivity contribution in [2.75, 3.05) is 61.4 Å². The van der Waals surface area contributed by atoms with Gasteiger partial charge in [-0.1, -0.05) is 0 Å². The standard InChI is InChI=1S/C24H30N8O2S/c1-30-7-9-32(10-8-30)24-29-18-11-20(31-5-3-2-4-6-31)17(12-21(18)34-24)27-22(33)19-15-35-23(28-19)16-13-25-26-14-16/h11-15,23,28H,2-10H2,1H3,(H,25,26)(H,27,33). The summed E-state index contributed by atoms with van der Waals surface area (Å²) in [6.45, 7) is 5.69. The second-order valence-electron chi connectivity index (χ2n) is 9.35. The van der Waals surface area contributed by atoms with Crippen molar-refractivity contribution in [2.45, 2.75) is 24.6 Å². The van der Waals surface area contributed by atoms with Crippen molar-refractivity contribution in [3.63, 3.8) is 0 Å². The topological polar surface area (TPSA) is 106 Å². The molecule has 0 saturated carbocycles.